The second-order valence-corrected chi connectivity index (χ2v) is 7.43. The Morgan fingerprint density at radius 1 is 1.12 bits per heavy atom. The van der Waals surface area contributed by atoms with Crippen LogP contribution in [-0.2, 0) is 4.79 Å². The van der Waals surface area contributed by atoms with Crippen LogP contribution in [0.25, 0.3) is 0 Å². The van der Waals surface area contributed by atoms with Crippen molar-refractivity contribution in [3.63, 3.8) is 0 Å². The highest BCUT2D eigenvalue weighted by atomic mass is 16.6. The van der Waals surface area contributed by atoms with Crippen LogP contribution in [0, 0.1) is 10.1 Å². The van der Waals surface area contributed by atoms with Crippen molar-refractivity contribution in [1.29, 1.82) is 0 Å². The van der Waals surface area contributed by atoms with Crippen molar-refractivity contribution in [2.45, 2.75) is 12.8 Å². The number of hydrogen-bond acceptors (Lipinski definition) is 7. The zero-order chi connectivity index (χ0) is 22.7. The lowest BCUT2D eigenvalue weighted by Gasteiger charge is -2.23. The number of hydrazone groups is 1. The molecule has 2 aromatic rings. The molecule has 164 valence electrons. The van der Waals surface area contributed by atoms with Gasteiger partial charge in [0.25, 0.3) is 11.5 Å². The number of carbonyl (C=O) groups is 3. The number of fused-ring (bicyclic) bond motifs is 1. The minimum absolute atomic E-state index is 0.0449. The lowest BCUT2D eigenvalue weighted by Crippen LogP contribution is -2.39. The summed E-state index contributed by atoms with van der Waals surface area (Å²) >= 11 is 0. The van der Waals surface area contributed by atoms with E-state index in [0.717, 1.165) is 25.9 Å². The summed E-state index contributed by atoms with van der Waals surface area (Å²) in [6.45, 7) is 2.17. The van der Waals surface area contributed by atoms with Gasteiger partial charge >= 0.3 is 11.9 Å². The molecule has 32 heavy (non-hydrogen) atoms. The Morgan fingerprint density at radius 3 is 2.53 bits per heavy atom. The Hall–Kier alpha value is -4.12. The van der Waals surface area contributed by atoms with Crippen LogP contribution < -0.4 is 15.6 Å². The van der Waals surface area contributed by atoms with Gasteiger partial charge in [-0.3, -0.25) is 29.5 Å². The summed E-state index contributed by atoms with van der Waals surface area (Å²) in [6.07, 6.45) is 3.49. The number of nitro groups is 1. The Bertz CT molecular complexity index is 1110. The topological polar surface area (TPSA) is 137 Å². The first-order valence-electron chi connectivity index (χ1n) is 9.99. The molecule has 2 aromatic carbocycles. The van der Waals surface area contributed by atoms with Gasteiger partial charge in [0.05, 0.1) is 29.1 Å². The minimum atomic E-state index is -0.645. The van der Waals surface area contributed by atoms with E-state index in [0.29, 0.717) is 23.6 Å². The normalized spacial score (nSPS) is 15.9. The molecule has 0 aromatic heterocycles. The fourth-order valence-corrected chi connectivity index (χ4v) is 3.65. The number of anilines is 2. The zero-order valence-corrected chi connectivity index (χ0v) is 17.0. The number of rotatable bonds is 6. The van der Waals surface area contributed by atoms with Crippen LogP contribution in [0.3, 0.4) is 0 Å². The molecule has 0 atom stereocenters. The standard InChI is InChI=1S/C21H20N6O5/c28-19-17-11-15(5-8-18(17)26(20(19)29)13-25-9-1-2-10-25)23-21(30)24-22-12-14-3-6-16(7-4-14)27(31)32/h3-8,11-12H,1-2,9-10,13H2,(H2,23,24,30)/b22-12+. The number of Topliss-reactive ketones (excluding diaryl/α,β-unsaturated/α-hetero) is 1. The highest BCUT2D eigenvalue weighted by Crippen LogP contribution is 2.31. The summed E-state index contributed by atoms with van der Waals surface area (Å²) < 4.78 is 0. The van der Waals surface area contributed by atoms with Crippen molar-refractivity contribution >= 4 is 41.0 Å². The summed E-state index contributed by atoms with van der Waals surface area (Å²) in [7, 11) is 0. The van der Waals surface area contributed by atoms with E-state index in [1.54, 1.807) is 12.1 Å². The monoisotopic (exact) mass is 436 g/mol. The lowest BCUT2D eigenvalue weighted by atomic mass is 10.1. The van der Waals surface area contributed by atoms with E-state index in [2.05, 4.69) is 20.7 Å². The molecule has 0 spiro atoms. The van der Waals surface area contributed by atoms with Gasteiger partial charge in [0, 0.05) is 17.8 Å². The number of likely N-dealkylation sites (tertiary alicyclic amines) is 1. The van der Waals surface area contributed by atoms with Crippen molar-refractivity contribution in [2.75, 3.05) is 30.0 Å². The van der Waals surface area contributed by atoms with Gasteiger partial charge in [0.1, 0.15) is 0 Å². The molecule has 4 rings (SSSR count). The quantitative estimate of drug-likeness (QED) is 0.309. The number of carbonyl (C=O) groups excluding carboxylic acids is 3. The maximum atomic E-state index is 12.4. The molecule has 2 N–H and O–H groups in total. The van der Waals surface area contributed by atoms with Gasteiger partial charge in [-0.2, -0.15) is 5.10 Å². The van der Waals surface area contributed by atoms with E-state index in [9.17, 15) is 24.5 Å². The maximum Gasteiger partial charge on any atom is 0.339 e. The average Bonchev–Trinajstić information content (AvgIpc) is 3.37. The van der Waals surface area contributed by atoms with Gasteiger partial charge in [-0.25, -0.2) is 10.2 Å². The predicted octanol–water partition coefficient (Wildman–Crippen LogP) is 2.33. The van der Waals surface area contributed by atoms with Crippen LogP contribution in [0.15, 0.2) is 47.6 Å². The third-order valence-electron chi connectivity index (χ3n) is 5.25. The Morgan fingerprint density at radius 2 is 1.84 bits per heavy atom. The van der Waals surface area contributed by atoms with Crippen LogP contribution in [0.4, 0.5) is 21.9 Å². The number of benzene rings is 2. The number of nitrogens with one attached hydrogen (secondary N) is 2. The fraction of sp³-hybridized carbons (Fsp3) is 0.238. The van der Waals surface area contributed by atoms with E-state index in [4.69, 9.17) is 0 Å². The third-order valence-corrected chi connectivity index (χ3v) is 5.25. The molecule has 11 heteroatoms. The molecule has 0 unspecified atom stereocenters. The average molecular weight is 436 g/mol. The van der Waals surface area contributed by atoms with E-state index in [1.807, 2.05) is 0 Å². The van der Waals surface area contributed by atoms with E-state index in [1.165, 1.54) is 41.4 Å². The first kappa shape index (κ1) is 21.1. The lowest BCUT2D eigenvalue weighted by molar-refractivity contribution is -0.384. The number of nitrogens with zero attached hydrogens (tertiary/aromatic N) is 4. The van der Waals surface area contributed by atoms with Crippen LogP contribution in [-0.4, -0.2) is 53.5 Å². The van der Waals surface area contributed by atoms with Crippen molar-refractivity contribution in [3.8, 4) is 0 Å². The summed E-state index contributed by atoms with van der Waals surface area (Å²) in [4.78, 5) is 50.7. The second kappa shape index (κ2) is 8.94. The van der Waals surface area contributed by atoms with Crippen LogP contribution >= 0.6 is 0 Å². The van der Waals surface area contributed by atoms with Crippen molar-refractivity contribution in [3.05, 3.63) is 63.7 Å². The first-order chi connectivity index (χ1) is 15.4. The zero-order valence-electron chi connectivity index (χ0n) is 17.0. The molecule has 2 aliphatic heterocycles. The highest BCUT2D eigenvalue weighted by molar-refractivity contribution is 6.52. The van der Waals surface area contributed by atoms with Gasteiger partial charge in [-0.15, -0.1) is 0 Å². The molecule has 2 aliphatic rings. The van der Waals surface area contributed by atoms with Crippen LogP contribution in [0.2, 0.25) is 0 Å². The van der Waals surface area contributed by atoms with Gasteiger partial charge in [0.2, 0.25) is 0 Å². The molecule has 11 nitrogen and oxygen atoms in total. The van der Waals surface area contributed by atoms with Crippen LogP contribution in [0.5, 0.6) is 0 Å². The Kier molecular flexibility index (Phi) is 5.90. The predicted molar refractivity (Wildman–Crippen MR) is 117 cm³/mol. The molecule has 1 fully saturated rings. The van der Waals surface area contributed by atoms with E-state index in [-0.39, 0.29) is 11.3 Å². The maximum absolute atomic E-state index is 12.4. The van der Waals surface area contributed by atoms with Gasteiger partial charge in [0.15, 0.2) is 0 Å². The summed E-state index contributed by atoms with van der Waals surface area (Å²) in [6, 6.07) is 9.74. The summed E-state index contributed by atoms with van der Waals surface area (Å²) in [5, 5.41) is 17.0. The SMILES string of the molecule is O=C(N/N=C/c1ccc([N+](=O)[O-])cc1)Nc1ccc2c(c1)C(=O)C(=O)N2CN1CCCC1. The van der Waals surface area contributed by atoms with E-state index < -0.39 is 22.6 Å². The summed E-state index contributed by atoms with van der Waals surface area (Å²) in [5.41, 5.74) is 3.93. The molecule has 0 aliphatic carbocycles. The molecule has 1 saturated heterocycles. The largest absolute Gasteiger partial charge is 0.339 e. The molecule has 0 bridgehead atoms. The minimum Gasteiger partial charge on any atom is -0.306 e. The smallest absolute Gasteiger partial charge is 0.306 e. The summed E-state index contributed by atoms with van der Waals surface area (Å²) in [5.74, 6) is -1.17. The van der Waals surface area contributed by atoms with Crippen molar-refractivity contribution < 1.29 is 19.3 Å². The molecule has 3 amide bonds. The highest BCUT2D eigenvalue weighted by Gasteiger charge is 2.37. The molecular weight excluding hydrogens is 416 g/mol. The molecule has 0 saturated carbocycles. The van der Waals surface area contributed by atoms with Crippen molar-refractivity contribution in [1.82, 2.24) is 10.3 Å². The number of urea groups is 1. The van der Waals surface area contributed by atoms with E-state index >= 15 is 0 Å². The Balaban J connectivity index is 1.37. The number of nitro benzene ring substituents is 1. The van der Waals surface area contributed by atoms with Gasteiger partial charge in [-0.1, -0.05) is 0 Å². The third kappa shape index (κ3) is 4.47. The van der Waals surface area contributed by atoms with Crippen molar-refractivity contribution in [2.24, 2.45) is 5.10 Å². The van der Waals surface area contributed by atoms with Crippen LogP contribution in [0.1, 0.15) is 28.8 Å². The Labute approximate surface area is 182 Å². The molecule has 0 radical (unpaired) electrons. The number of hydrogen-bond donors (Lipinski definition) is 2. The first-order valence-corrected chi connectivity index (χ1v) is 9.99. The fourth-order valence-electron chi connectivity index (χ4n) is 3.65. The number of ketones is 1. The second-order valence-electron chi connectivity index (χ2n) is 7.43. The van der Waals surface area contributed by atoms with Gasteiger partial charge < -0.3 is 5.32 Å². The molecule has 2 heterocycles. The number of amides is 3. The molecular formula is C21H20N6O5. The number of non-ortho nitro benzene ring substituents is 1. The van der Waals surface area contributed by atoms with Gasteiger partial charge in [-0.05, 0) is 61.8 Å².